The molecule has 2 aromatic heterocycles. The summed E-state index contributed by atoms with van der Waals surface area (Å²) in [6.07, 6.45) is 3.57. The minimum Gasteiger partial charge on any atom is -0.481 e. The van der Waals surface area contributed by atoms with E-state index in [1.54, 1.807) is 24.1 Å². The summed E-state index contributed by atoms with van der Waals surface area (Å²) in [6.45, 7) is 3.18. The Morgan fingerprint density at radius 3 is 2.83 bits per heavy atom. The van der Waals surface area contributed by atoms with E-state index < -0.39 is 0 Å². The molecule has 0 aromatic carbocycles. The van der Waals surface area contributed by atoms with E-state index in [0.717, 1.165) is 0 Å². The standard InChI is InChI=1S/C13H18N8O2/c1-23-11-2-4-14-13(16-11)20-8-6-19(7-9-20)12(22)3-5-21-10-15-17-18-21/h2,4,10H,3,5-9H2,1H3. The highest BCUT2D eigenvalue weighted by molar-refractivity contribution is 5.76. The first-order valence-corrected chi connectivity index (χ1v) is 7.37. The number of carbonyl (C=O) groups excluding carboxylic acids is 1. The van der Waals surface area contributed by atoms with Crippen molar-refractivity contribution in [2.45, 2.75) is 13.0 Å². The molecule has 0 saturated carbocycles. The lowest BCUT2D eigenvalue weighted by molar-refractivity contribution is -0.131. The highest BCUT2D eigenvalue weighted by atomic mass is 16.5. The molecule has 10 heteroatoms. The maximum atomic E-state index is 12.2. The second-order valence-electron chi connectivity index (χ2n) is 5.09. The Bertz CT molecular complexity index is 639. The van der Waals surface area contributed by atoms with Gasteiger partial charge in [0, 0.05) is 44.9 Å². The number of carbonyl (C=O) groups is 1. The Morgan fingerprint density at radius 1 is 1.30 bits per heavy atom. The largest absolute Gasteiger partial charge is 0.481 e. The summed E-state index contributed by atoms with van der Waals surface area (Å²) in [6, 6.07) is 1.71. The Balaban J connectivity index is 1.50. The lowest BCUT2D eigenvalue weighted by Gasteiger charge is -2.34. The number of aryl methyl sites for hydroxylation is 1. The number of hydrogen-bond acceptors (Lipinski definition) is 8. The van der Waals surface area contributed by atoms with Gasteiger partial charge >= 0.3 is 0 Å². The zero-order chi connectivity index (χ0) is 16.1. The molecule has 0 radical (unpaired) electrons. The summed E-state index contributed by atoms with van der Waals surface area (Å²) in [5.74, 6) is 1.27. The van der Waals surface area contributed by atoms with Crippen LogP contribution in [-0.4, -0.2) is 74.3 Å². The van der Waals surface area contributed by atoms with Gasteiger partial charge in [0.05, 0.1) is 13.7 Å². The summed E-state index contributed by atoms with van der Waals surface area (Å²) in [4.78, 5) is 24.7. The molecular formula is C13H18N8O2. The molecule has 0 N–H and O–H groups in total. The number of rotatable bonds is 5. The van der Waals surface area contributed by atoms with Crippen molar-refractivity contribution in [1.29, 1.82) is 0 Å². The van der Waals surface area contributed by atoms with Gasteiger partial charge in [-0.25, -0.2) is 9.67 Å². The third-order valence-electron chi connectivity index (χ3n) is 3.69. The second-order valence-corrected chi connectivity index (χ2v) is 5.09. The fraction of sp³-hybridized carbons (Fsp3) is 0.538. The maximum absolute atomic E-state index is 12.2. The van der Waals surface area contributed by atoms with Gasteiger partial charge in [0.2, 0.25) is 17.7 Å². The molecule has 1 aliphatic heterocycles. The predicted octanol–water partition coefficient (Wildman–Crippen LogP) is -0.789. The smallest absolute Gasteiger partial charge is 0.228 e. The SMILES string of the molecule is COc1ccnc(N2CCN(C(=O)CCn3cnnn3)CC2)n1. The molecule has 0 bridgehead atoms. The van der Waals surface area contributed by atoms with Gasteiger partial charge in [-0.05, 0) is 10.4 Å². The van der Waals surface area contributed by atoms with E-state index in [-0.39, 0.29) is 5.91 Å². The van der Waals surface area contributed by atoms with Gasteiger partial charge in [0.15, 0.2) is 0 Å². The Hall–Kier alpha value is -2.78. The fourth-order valence-corrected chi connectivity index (χ4v) is 2.41. The van der Waals surface area contributed by atoms with E-state index in [0.29, 0.717) is 51.0 Å². The van der Waals surface area contributed by atoms with Crippen molar-refractivity contribution in [3.63, 3.8) is 0 Å². The van der Waals surface area contributed by atoms with Crippen LogP contribution in [0.15, 0.2) is 18.6 Å². The average Bonchev–Trinajstić information content (AvgIpc) is 3.13. The van der Waals surface area contributed by atoms with Crippen molar-refractivity contribution in [2.24, 2.45) is 0 Å². The van der Waals surface area contributed by atoms with Crippen LogP contribution >= 0.6 is 0 Å². The quantitative estimate of drug-likeness (QED) is 0.707. The lowest BCUT2D eigenvalue weighted by atomic mass is 10.3. The molecule has 2 aromatic rings. The van der Waals surface area contributed by atoms with Crippen molar-refractivity contribution in [1.82, 2.24) is 35.1 Å². The van der Waals surface area contributed by atoms with Gasteiger partial charge in [-0.3, -0.25) is 4.79 Å². The number of ether oxygens (including phenoxy) is 1. The van der Waals surface area contributed by atoms with Crippen molar-refractivity contribution < 1.29 is 9.53 Å². The van der Waals surface area contributed by atoms with Gasteiger partial charge in [-0.1, -0.05) is 0 Å². The van der Waals surface area contributed by atoms with Gasteiger partial charge in [-0.15, -0.1) is 5.10 Å². The van der Waals surface area contributed by atoms with Crippen molar-refractivity contribution in [3.05, 3.63) is 18.6 Å². The molecule has 23 heavy (non-hydrogen) atoms. The number of piperazine rings is 1. The number of aromatic nitrogens is 6. The number of tetrazole rings is 1. The fourth-order valence-electron chi connectivity index (χ4n) is 2.41. The first kappa shape index (κ1) is 15.1. The molecule has 1 fully saturated rings. The lowest BCUT2D eigenvalue weighted by Crippen LogP contribution is -2.49. The highest BCUT2D eigenvalue weighted by Crippen LogP contribution is 2.14. The van der Waals surface area contributed by atoms with E-state index in [1.807, 2.05) is 9.80 Å². The van der Waals surface area contributed by atoms with Crippen LogP contribution in [0.1, 0.15) is 6.42 Å². The summed E-state index contributed by atoms with van der Waals surface area (Å²) >= 11 is 0. The second kappa shape index (κ2) is 6.99. The number of nitrogens with zero attached hydrogens (tertiary/aromatic N) is 8. The number of anilines is 1. The molecule has 0 unspecified atom stereocenters. The molecule has 1 aliphatic rings. The van der Waals surface area contributed by atoms with Crippen molar-refractivity contribution in [3.8, 4) is 5.88 Å². The van der Waals surface area contributed by atoms with Crippen molar-refractivity contribution in [2.75, 3.05) is 38.2 Å². The Kier molecular flexibility index (Phi) is 4.60. The van der Waals surface area contributed by atoms with E-state index in [1.165, 1.54) is 6.33 Å². The topological polar surface area (TPSA) is 102 Å². The highest BCUT2D eigenvalue weighted by Gasteiger charge is 2.22. The van der Waals surface area contributed by atoms with Crippen LogP contribution in [0.4, 0.5) is 5.95 Å². The van der Waals surface area contributed by atoms with E-state index in [9.17, 15) is 4.79 Å². The van der Waals surface area contributed by atoms with Crippen LogP contribution < -0.4 is 9.64 Å². The molecule has 122 valence electrons. The van der Waals surface area contributed by atoms with Crippen LogP contribution in [0.25, 0.3) is 0 Å². The summed E-state index contributed by atoms with van der Waals surface area (Å²) < 4.78 is 6.67. The van der Waals surface area contributed by atoms with Gasteiger partial charge in [0.1, 0.15) is 6.33 Å². The van der Waals surface area contributed by atoms with Crippen LogP contribution in [0.3, 0.4) is 0 Å². The van der Waals surface area contributed by atoms with Gasteiger partial charge in [-0.2, -0.15) is 4.98 Å². The minimum atomic E-state index is 0.103. The summed E-state index contributed by atoms with van der Waals surface area (Å²) in [7, 11) is 1.58. The molecule has 0 aliphatic carbocycles. The van der Waals surface area contributed by atoms with E-state index >= 15 is 0 Å². The molecule has 1 amide bonds. The van der Waals surface area contributed by atoms with Gasteiger partial charge < -0.3 is 14.5 Å². The van der Waals surface area contributed by atoms with Crippen molar-refractivity contribution >= 4 is 11.9 Å². The van der Waals surface area contributed by atoms with Crippen LogP contribution in [0, 0.1) is 0 Å². The number of amides is 1. The zero-order valence-corrected chi connectivity index (χ0v) is 12.9. The predicted molar refractivity (Wildman–Crippen MR) is 79.8 cm³/mol. The molecule has 3 rings (SSSR count). The van der Waals surface area contributed by atoms with Crippen LogP contribution in [-0.2, 0) is 11.3 Å². The molecule has 3 heterocycles. The van der Waals surface area contributed by atoms with Crippen LogP contribution in [0.5, 0.6) is 5.88 Å². The number of hydrogen-bond donors (Lipinski definition) is 0. The van der Waals surface area contributed by atoms with Crippen LogP contribution in [0.2, 0.25) is 0 Å². The number of methoxy groups -OCH3 is 1. The molecular weight excluding hydrogens is 300 g/mol. The molecule has 10 nitrogen and oxygen atoms in total. The third-order valence-corrected chi connectivity index (χ3v) is 3.69. The first-order chi connectivity index (χ1) is 11.3. The normalized spacial score (nSPS) is 14.8. The minimum absolute atomic E-state index is 0.103. The maximum Gasteiger partial charge on any atom is 0.228 e. The van der Waals surface area contributed by atoms with E-state index in [2.05, 4.69) is 25.5 Å². The average molecular weight is 318 g/mol. The monoisotopic (exact) mass is 318 g/mol. The van der Waals surface area contributed by atoms with Gasteiger partial charge in [0.25, 0.3) is 0 Å². The first-order valence-electron chi connectivity index (χ1n) is 7.37. The summed E-state index contributed by atoms with van der Waals surface area (Å²) in [5, 5.41) is 10.8. The molecule has 0 atom stereocenters. The Morgan fingerprint density at radius 2 is 2.13 bits per heavy atom. The molecule has 1 saturated heterocycles. The molecule has 0 spiro atoms. The zero-order valence-electron chi connectivity index (χ0n) is 12.9. The van der Waals surface area contributed by atoms with E-state index in [4.69, 9.17) is 4.74 Å². The third kappa shape index (κ3) is 3.71. The Labute approximate surface area is 133 Å². The summed E-state index contributed by atoms with van der Waals surface area (Å²) in [5.41, 5.74) is 0.